The van der Waals surface area contributed by atoms with E-state index in [1.165, 1.54) is 11.1 Å². The highest BCUT2D eigenvalue weighted by molar-refractivity contribution is 5.96. The number of carbonyl (C=O) groups is 1. The van der Waals surface area contributed by atoms with Crippen molar-refractivity contribution < 1.29 is 14.6 Å². The molecule has 0 aromatic heterocycles. The fourth-order valence-electron chi connectivity index (χ4n) is 4.91. The van der Waals surface area contributed by atoms with Crippen LogP contribution in [0.2, 0.25) is 0 Å². The summed E-state index contributed by atoms with van der Waals surface area (Å²) in [4.78, 5) is 15.1. The van der Waals surface area contributed by atoms with Crippen LogP contribution in [0.3, 0.4) is 0 Å². The van der Waals surface area contributed by atoms with E-state index in [0.717, 1.165) is 44.6 Å². The summed E-state index contributed by atoms with van der Waals surface area (Å²) >= 11 is 0. The van der Waals surface area contributed by atoms with Crippen LogP contribution in [-0.2, 0) is 17.7 Å². The second-order valence-corrected chi connectivity index (χ2v) is 9.89. The van der Waals surface area contributed by atoms with Crippen molar-refractivity contribution >= 4 is 11.5 Å². The van der Waals surface area contributed by atoms with Gasteiger partial charge in [-0.2, -0.15) is 0 Å². The number of hydrogen-bond acceptors (Lipinski definition) is 5. The average molecular weight is 437 g/mol. The zero-order valence-corrected chi connectivity index (χ0v) is 19.3. The summed E-state index contributed by atoms with van der Waals surface area (Å²) in [5, 5.41) is 14.1. The minimum Gasteiger partial charge on any atom is -0.392 e. The SMILES string of the molecule is CC1(C)CC(Nc2cccc(C(=O)CCC(O)CN3CCc4ccccc4C3)c2)CCO1. The molecule has 2 N–H and O–H groups in total. The summed E-state index contributed by atoms with van der Waals surface area (Å²) in [6, 6.07) is 16.6. The van der Waals surface area contributed by atoms with Crippen LogP contribution >= 0.6 is 0 Å². The molecule has 32 heavy (non-hydrogen) atoms. The molecule has 0 saturated carbocycles. The number of aliphatic hydroxyl groups is 1. The number of fused-ring (bicyclic) bond motifs is 1. The van der Waals surface area contributed by atoms with E-state index in [-0.39, 0.29) is 11.4 Å². The van der Waals surface area contributed by atoms with Gasteiger partial charge in [-0.15, -0.1) is 0 Å². The summed E-state index contributed by atoms with van der Waals surface area (Å²) in [5.74, 6) is 0.0870. The molecule has 0 radical (unpaired) electrons. The summed E-state index contributed by atoms with van der Waals surface area (Å²) in [6.45, 7) is 7.44. The number of rotatable bonds is 8. The first kappa shape index (κ1) is 23.0. The average Bonchev–Trinajstić information content (AvgIpc) is 2.77. The van der Waals surface area contributed by atoms with E-state index < -0.39 is 6.10 Å². The lowest BCUT2D eigenvalue weighted by atomic mass is 9.93. The van der Waals surface area contributed by atoms with Gasteiger partial charge in [-0.05, 0) is 62.8 Å². The minimum absolute atomic E-state index is 0.0870. The Kier molecular flexibility index (Phi) is 7.29. The number of carbonyl (C=O) groups excluding carboxylic acids is 1. The van der Waals surface area contributed by atoms with E-state index in [1.54, 1.807) is 0 Å². The molecule has 2 aliphatic heterocycles. The van der Waals surface area contributed by atoms with Gasteiger partial charge in [-0.3, -0.25) is 9.69 Å². The van der Waals surface area contributed by atoms with Gasteiger partial charge in [-0.1, -0.05) is 36.4 Å². The summed E-state index contributed by atoms with van der Waals surface area (Å²) in [6.07, 6.45) is 3.29. The number of anilines is 1. The lowest BCUT2D eigenvalue weighted by molar-refractivity contribution is -0.0553. The molecule has 2 aliphatic rings. The predicted molar refractivity (Wildman–Crippen MR) is 128 cm³/mol. The van der Waals surface area contributed by atoms with Crippen LogP contribution in [0.4, 0.5) is 5.69 Å². The maximum Gasteiger partial charge on any atom is 0.163 e. The van der Waals surface area contributed by atoms with Gasteiger partial charge in [0.1, 0.15) is 0 Å². The number of aliphatic hydroxyl groups excluding tert-OH is 1. The van der Waals surface area contributed by atoms with Crippen molar-refractivity contribution in [3.8, 4) is 0 Å². The van der Waals surface area contributed by atoms with E-state index in [0.29, 0.717) is 31.0 Å². The van der Waals surface area contributed by atoms with Crippen LogP contribution in [0.15, 0.2) is 48.5 Å². The summed E-state index contributed by atoms with van der Waals surface area (Å²) in [5.41, 5.74) is 4.33. The Morgan fingerprint density at radius 2 is 2.03 bits per heavy atom. The highest BCUT2D eigenvalue weighted by atomic mass is 16.5. The number of β-amino-alcohol motifs (C(OH)–C–C–N with tert-alkyl or cyclic N) is 1. The largest absolute Gasteiger partial charge is 0.392 e. The van der Waals surface area contributed by atoms with Crippen molar-refractivity contribution in [1.29, 1.82) is 0 Å². The van der Waals surface area contributed by atoms with Crippen molar-refractivity contribution in [2.45, 2.75) is 70.2 Å². The molecule has 0 bridgehead atoms. The monoisotopic (exact) mass is 436 g/mol. The molecule has 5 heteroatoms. The first-order chi connectivity index (χ1) is 15.4. The molecule has 0 aliphatic carbocycles. The van der Waals surface area contributed by atoms with Crippen molar-refractivity contribution in [3.05, 3.63) is 65.2 Å². The third-order valence-electron chi connectivity index (χ3n) is 6.64. The number of nitrogens with zero attached hydrogens (tertiary/aromatic N) is 1. The highest BCUT2D eigenvalue weighted by Crippen LogP contribution is 2.27. The Hall–Kier alpha value is -2.21. The number of ketones is 1. The van der Waals surface area contributed by atoms with E-state index in [4.69, 9.17) is 4.74 Å². The molecule has 2 aromatic rings. The van der Waals surface area contributed by atoms with Crippen molar-refractivity contribution in [2.75, 3.05) is 25.0 Å². The lowest BCUT2D eigenvalue weighted by Gasteiger charge is -2.36. The standard InChI is InChI=1S/C27H36N2O3/c1-27(2)17-24(13-15-32-27)28-23-9-5-8-21(16-23)26(31)11-10-25(30)19-29-14-12-20-6-3-4-7-22(20)18-29/h3-9,16,24-25,28,30H,10-15,17-19H2,1-2H3. The smallest absolute Gasteiger partial charge is 0.163 e. The topological polar surface area (TPSA) is 61.8 Å². The Morgan fingerprint density at radius 1 is 1.22 bits per heavy atom. The van der Waals surface area contributed by atoms with E-state index >= 15 is 0 Å². The van der Waals surface area contributed by atoms with Gasteiger partial charge in [-0.25, -0.2) is 0 Å². The van der Waals surface area contributed by atoms with Gasteiger partial charge >= 0.3 is 0 Å². The normalized spacial score (nSPS) is 21.5. The molecule has 2 heterocycles. The maximum atomic E-state index is 12.8. The van der Waals surface area contributed by atoms with Crippen LogP contribution < -0.4 is 5.32 Å². The second kappa shape index (κ2) is 10.2. The Bertz CT molecular complexity index is 927. The van der Waals surface area contributed by atoms with Gasteiger partial charge < -0.3 is 15.2 Å². The molecular weight excluding hydrogens is 400 g/mol. The molecule has 1 fully saturated rings. The van der Waals surface area contributed by atoms with E-state index in [2.05, 4.69) is 48.3 Å². The van der Waals surface area contributed by atoms with Crippen LogP contribution in [0.25, 0.3) is 0 Å². The number of nitrogens with one attached hydrogen (secondary N) is 1. The third kappa shape index (κ3) is 6.18. The zero-order chi connectivity index (χ0) is 22.6. The van der Waals surface area contributed by atoms with E-state index in [1.807, 2.05) is 24.3 Å². The van der Waals surface area contributed by atoms with Gasteiger partial charge in [0.05, 0.1) is 11.7 Å². The van der Waals surface area contributed by atoms with Crippen LogP contribution in [0.5, 0.6) is 0 Å². The molecule has 2 unspecified atom stereocenters. The summed E-state index contributed by atoms with van der Waals surface area (Å²) < 4.78 is 5.80. The minimum atomic E-state index is -0.491. The quantitative estimate of drug-likeness (QED) is 0.599. The molecule has 1 saturated heterocycles. The predicted octanol–water partition coefficient (Wildman–Crippen LogP) is 4.44. The second-order valence-electron chi connectivity index (χ2n) is 9.89. The van der Waals surface area contributed by atoms with Crippen LogP contribution in [0.1, 0.15) is 61.0 Å². The molecule has 2 aromatic carbocycles. The molecular formula is C27H36N2O3. The van der Waals surface area contributed by atoms with Crippen LogP contribution in [0, 0.1) is 0 Å². The number of hydrogen-bond donors (Lipinski definition) is 2. The van der Waals surface area contributed by atoms with Gasteiger partial charge in [0.15, 0.2) is 5.78 Å². The Morgan fingerprint density at radius 3 is 2.84 bits per heavy atom. The molecule has 4 rings (SSSR count). The molecule has 5 nitrogen and oxygen atoms in total. The first-order valence-electron chi connectivity index (χ1n) is 11.9. The Balaban J connectivity index is 1.25. The molecule has 2 atom stereocenters. The number of Topliss-reactive ketones (excluding diaryl/α,β-unsaturated/α-hetero) is 1. The molecule has 0 spiro atoms. The van der Waals surface area contributed by atoms with Crippen LogP contribution in [-0.4, -0.2) is 53.2 Å². The fraction of sp³-hybridized carbons (Fsp3) is 0.519. The first-order valence-corrected chi connectivity index (χ1v) is 11.9. The van der Waals surface area contributed by atoms with Gasteiger partial charge in [0.25, 0.3) is 0 Å². The van der Waals surface area contributed by atoms with Gasteiger partial charge in [0.2, 0.25) is 0 Å². The third-order valence-corrected chi connectivity index (χ3v) is 6.64. The van der Waals surface area contributed by atoms with Gasteiger partial charge in [0, 0.05) is 50.0 Å². The highest BCUT2D eigenvalue weighted by Gasteiger charge is 2.28. The lowest BCUT2D eigenvalue weighted by Crippen LogP contribution is -2.40. The molecule has 0 amide bonds. The number of ether oxygens (including phenoxy) is 1. The molecule has 172 valence electrons. The van der Waals surface area contributed by atoms with E-state index in [9.17, 15) is 9.90 Å². The van der Waals surface area contributed by atoms with Crippen molar-refractivity contribution in [3.63, 3.8) is 0 Å². The van der Waals surface area contributed by atoms with Crippen molar-refractivity contribution in [1.82, 2.24) is 4.90 Å². The number of benzene rings is 2. The fourth-order valence-corrected chi connectivity index (χ4v) is 4.91. The Labute approximate surface area is 191 Å². The summed E-state index contributed by atoms with van der Waals surface area (Å²) in [7, 11) is 0. The maximum absolute atomic E-state index is 12.8. The zero-order valence-electron chi connectivity index (χ0n) is 19.3. The van der Waals surface area contributed by atoms with Crippen molar-refractivity contribution in [2.24, 2.45) is 0 Å².